The van der Waals surface area contributed by atoms with Crippen LogP contribution in [0.4, 0.5) is 5.69 Å². The minimum absolute atomic E-state index is 0.485. The first-order chi connectivity index (χ1) is 10.7. The van der Waals surface area contributed by atoms with Crippen LogP contribution < -0.4 is 10.2 Å². The van der Waals surface area contributed by atoms with Crippen LogP contribution in [0.3, 0.4) is 0 Å². The fourth-order valence-corrected chi connectivity index (χ4v) is 2.96. The van der Waals surface area contributed by atoms with Crippen molar-refractivity contribution in [2.24, 2.45) is 7.05 Å². The van der Waals surface area contributed by atoms with E-state index in [0.717, 1.165) is 42.1 Å². The van der Waals surface area contributed by atoms with Gasteiger partial charge in [-0.2, -0.15) is 10.2 Å². The zero-order chi connectivity index (χ0) is 15.1. The van der Waals surface area contributed by atoms with Gasteiger partial charge in [0.15, 0.2) is 5.65 Å². The number of nitrogens with one attached hydrogen (secondary N) is 1. The van der Waals surface area contributed by atoms with E-state index in [0.29, 0.717) is 6.04 Å². The summed E-state index contributed by atoms with van der Waals surface area (Å²) < 4.78 is 3.64. The zero-order valence-corrected chi connectivity index (χ0v) is 12.8. The topological polar surface area (TPSA) is 63.3 Å². The maximum absolute atomic E-state index is 4.63. The van der Waals surface area contributed by atoms with Gasteiger partial charge in [0.05, 0.1) is 12.4 Å². The minimum atomic E-state index is 0.485. The van der Waals surface area contributed by atoms with E-state index < -0.39 is 0 Å². The van der Waals surface area contributed by atoms with Crippen molar-refractivity contribution in [1.82, 2.24) is 29.7 Å². The zero-order valence-electron chi connectivity index (χ0n) is 12.8. The van der Waals surface area contributed by atoms with Crippen molar-refractivity contribution in [3.05, 3.63) is 31.0 Å². The van der Waals surface area contributed by atoms with Crippen LogP contribution in [0.15, 0.2) is 31.0 Å². The van der Waals surface area contributed by atoms with Crippen LogP contribution in [-0.4, -0.2) is 50.1 Å². The molecule has 1 aliphatic rings. The second-order valence-corrected chi connectivity index (χ2v) is 5.84. The van der Waals surface area contributed by atoms with E-state index in [2.05, 4.69) is 32.3 Å². The number of nitrogens with zero attached hydrogens (tertiary/aromatic N) is 6. The van der Waals surface area contributed by atoms with Gasteiger partial charge in [0.2, 0.25) is 0 Å². The number of rotatable bonds is 2. The van der Waals surface area contributed by atoms with Crippen molar-refractivity contribution in [2.45, 2.75) is 13.0 Å². The normalized spacial score (nSPS) is 19.0. The summed E-state index contributed by atoms with van der Waals surface area (Å²) in [6.07, 6.45) is 9.63. The molecule has 1 fully saturated rings. The third-order valence-electron chi connectivity index (χ3n) is 4.09. The lowest BCUT2D eigenvalue weighted by Gasteiger charge is -2.32. The number of aryl methyl sites for hydroxylation is 1. The smallest absolute Gasteiger partial charge is 0.178 e. The predicted octanol–water partition coefficient (Wildman–Crippen LogP) is 0.928. The Labute approximate surface area is 128 Å². The molecule has 114 valence electrons. The maximum Gasteiger partial charge on any atom is 0.178 e. The number of anilines is 1. The Balaban J connectivity index is 1.71. The molecule has 0 amide bonds. The Kier molecular flexibility index (Phi) is 3.07. The summed E-state index contributed by atoms with van der Waals surface area (Å²) >= 11 is 0. The summed E-state index contributed by atoms with van der Waals surface area (Å²) in [6.45, 7) is 5.16. The quantitative estimate of drug-likeness (QED) is 0.762. The molecule has 1 saturated heterocycles. The molecule has 3 aromatic heterocycles. The van der Waals surface area contributed by atoms with Gasteiger partial charge in [-0.3, -0.25) is 4.68 Å². The fourth-order valence-electron chi connectivity index (χ4n) is 2.96. The van der Waals surface area contributed by atoms with Gasteiger partial charge in [-0.15, -0.1) is 0 Å². The van der Waals surface area contributed by atoms with Crippen LogP contribution in [0.2, 0.25) is 0 Å². The SMILES string of the molecule is C[C@H]1CN(c2cnn3cc(-c4cnn(C)c4)cnc23)CCN1. The second-order valence-electron chi connectivity index (χ2n) is 5.84. The van der Waals surface area contributed by atoms with Crippen LogP contribution in [0.1, 0.15) is 6.92 Å². The molecule has 0 unspecified atom stereocenters. The summed E-state index contributed by atoms with van der Waals surface area (Å²) in [6, 6.07) is 0.485. The molecule has 22 heavy (non-hydrogen) atoms. The molecule has 0 saturated carbocycles. The second kappa shape index (κ2) is 5.10. The molecule has 4 rings (SSSR count). The number of hydrogen-bond donors (Lipinski definition) is 1. The van der Waals surface area contributed by atoms with Crippen molar-refractivity contribution in [3.63, 3.8) is 0 Å². The molecule has 0 spiro atoms. The van der Waals surface area contributed by atoms with Crippen LogP contribution >= 0.6 is 0 Å². The first-order valence-electron chi connectivity index (χ1n) is 7.51. The van der Waals surface area contributed by atoms with Gasteiger partial charge in [-0.25, -0.2) is 9.50 Å². The summed E-state index contributed by atoms with van der Waals surface area (Å²) in [5.41, 5.74) is 4.07. The average molecular weight is 297 g/mol. The van der Waals surface area contributed by atoms with E-state index in [4.69, 9.17) is 0 Å². The molecule has 0 radical (unpaired) electrons. The van der Waals surface area contributed by atoms with Gasteiger partial charge in [0.1, 0.15) is 5.69 Å². The van der Waals surface area contributed by atoms with Gasteiger partial charge < -0.3 is 10.2 Å². The molecule has 0 bridgehead atoms. The molecule has 1 atom stereocenters. The van der Waals surface area contributed by atoms with E-state index >= 15 is 0 Å². The van der Waals surface area contributed by atoms with Gasteiger partial charge >= 0.3 is 0 Å². The first kappa shape index (κ1) is 13.3. The van der Waals surface area contributed by atoms with Crippen molar-refractivity contribution < 1.29 is 0 Å². The van der Waals surface area contributed by atoms with E-state index in [1.54, 1.807) is 4.68 Å². The Morgan fingerprint density at radius 3 is 2.77 bits per heavy atom. The van der Waals surface area contributed by atoms with Gasteiger partial charge in [-0.1, -0.05) is 0 Å². The molecule has 3 aromatic rings. The van der Waals surface area contributed by atoms with Crippen molar-refractivity contribution in [3.8, 4) is 11.1 Å². The fraction of sp³-hybridized carbons (Fsp3) is 0.400. The first-order valence-corrected chi connectivity index (χ1v) is 7.51. The molecule has 4 heterocycles. The number of hydrogen-bond acceptors (Lipinski definition) is 5. The van der Waals surface area contributed by atoms with E-state index in [-0.39, 0.29) is 0 Å². The number of fused-ring (bicyclic) bond motifs is 1. The Hall–Kier alpha value is -2.41. The van der Waals surface area contributed by atoms with E-state index in [1.165, 1.54) is 0 Å². The standard InChI is InChI=1S/C15H19N7/c1-11-8-21(4-3-16-11)14-7-19-22-10-12(5-17-15(14)22)13-6-18-20(2)9-13/h5-7,9-11,16H,3-4,8H2,1-2H3/t11-/m0/s1. The average Bonchev–Trinajstić information content (AvgIpc) is 3.12. The largest absolute Gasteiger partial charge is 0.364 e. The Bertz CT molecular complexity index is 803. The van der Waals surface area contributed by atoms with Crippen molar-refractivity contribution in [1.29, 1.82) is 0 Å². The number of piperazine rings is 1. The van der Waals surface area contributed by atoms with Crippen LogP contribution in [0, 0.1) is 0 Å². The highest BCUT2D eigenvalue weighted by atomic mass is 15.3. The molecule has 7 heteroatoms. The molecular formula is C15H19N7. The van der Waals surface area contributed by atoms with Crippen molar-refractivity contribution in [2.75, 3.05) is 24.5 Å². The lowest BCUT2D eigenvalue weighted by Crippen LogP contribution is -2.49. The van der Waals surface area contributed by atoms with E-state index in [9.17, 15) is 0 Å². The monoisotopic (exact) mass is 297 g/mol. The minimum Gasteiger partial charge on any atom is -0.364 e. The predicted molar refractivity (Wildman–Crippen MR) is 84.9 cm³/mol. The van der Waals surface area contributed by atoms with Crippen molar-refractivity contribution >= 4 is 11.3 Å². The highest BCUT2D eigenvalue weighted by Crippen LogP contribution is 2.24. The summed E-state index contributed by atoms with van der Waals surface area (Å²) in [4.78, 5) is 6.98. The lowest BCUT2D eigenvalue weighted by molar-refractivity contribution is 0.485. The molecular weight excluding hydrogens is 278 g/mol. The van der Waals surface area contributed by atoms with Gasteiger partial charge in [0, 0.05) is 62.4 Å². The van der Waals surface area contributed by atoms with Gasteiger partial charge in [-0.05, 0) is 6.92 Å². The summed E-state index contributed by atoms with van der Waals surface area (Å²) in [5.74, 6) is 0. The molecule has 0 aromatic carbocycles. The Morgan fingerprint density at radius 2 is 2.00 bits per heavy atom. The molecule has 1 aliphatic heterocycles. The Morgan fingerprint density at radius 1 is 1.14 bits per heavy atom. The highest BCUT2D eigenvalue weighted by Gasteiger charge is 2.20. The number of aromatic nitrogens is 5. The highest BCUT2D eigenvalue weighted by molar-refractivity contribution is 5.70. The van der Waals surface area contributed by atoms with E-state index in [1.807, 2.05) is 42.5 Å². The van der Waals surface area contributed by atoms with Crippen LogP contribution in [-0.2, 0) is 7.05 Å². The molecule has 7 nitrogen and oxygen atoms in total. The summed E-state index contributed by atoms with van der Waals surface area (Å²) in [5, 5.41) is 12.1. The third-order valence-corrected chi connectivity index (χ3v) is 4.09. The lowest BCUT2D eigenvalue weighted by atomic mass is 10.2. The summed E-state index contributed by atoms with van der Waals surface area (Å²) in [7, 11) is 1.91. The molecule has 1 N–H and O–H groups in total. The third kappa shape index (κ3) is 2.23. The van der Waals surface area contributed by atoms with Crippen LogP contribution in [0.25, 0.3) is 16.8 Å². The van der Waals surface area contributed by atoms with Gasteiger partial charge in [0.25, 0.3) is 0 Å². The van der Waals surface area contributed by atoms with Crippen LogP contribution in [0.5, 0.6) is 0 Å². The molecule has 0 aliphatic carbocycles. The maximum atomic E-state index is 4.63.